The maximum absolute atomic E-state index is 12.3. The topological polar surface area (TPSA) is 75.2 Å². The number of hydrogen-bond acceptors (Lipinski definition) is 6. The van der Waals surface area contributed by atoms with Gasteiger partial charge in [-0.05, 0) is 27.7 Å². The molecule has 2 amide bonds. The van der Waals surface area contributed by atoms with Crippen LogP contribution in [0.4, 0.5) is 5.13 Å². The average molecular weight is 338 g/mol. The molecule has 2 aromatic rings. The van der Waals surface area contributed by atoms with Crippen molar-refractivity contribution in [2.45, 2.75) is 33.7 Å². The molecule has 22 heavy (non-hydrogen) atoms. The number of aromatic nitrogens is 2. The largest absolute Gasteiger partial charge is 0.329 e. The molecule has 0 aliphatic carbocycles. The standard InChI is InChI=1S/C14H18N4O2S2/c1-7-6-21-14(15-7)17-12(19)13(20)18(5)8(2)11-9(3)22-10(4)16-11/h6,8H,1-5H3,(H,15,17,19)/t8-/m0/s1. The molecule has 0 spiro atoms. The van der Waals surface area contributed by atoms with E-state index in [1.54, 1.807) is 18.4 Å². The van der Waals surface area contributed by atoms with E-state index in [1.165, 1.54) is 16.2 Å². The number of nitrogens with zero attached hydrogens (tertiary/aromatic N) is 3. The molecule has 1 N–H and O–H groups in total. The van der Waals surface area contributed by atoms with Crippen LogP contribution in [-0.4, -0.2) is 33.7 Å². The van der Waals surface area contributed by atoms with Crippen LogP contribution < -0.4 is 5.32 Å². The Kier molecular flexibility index (Phi) is 4.92. The van der Waals surface area contributed by atoms with Crippen molar-refractivity contribution in [3.63, 3.8) is 0 Å². The van der Waals surface area contributed by atoms with E-state index in [1.807, 2.05) is 33.1 Å². The third-order valence-corrected chi connectivity index (χ3v) is 5.05. The van der Waals surface area contributed by atoms with Crippen LogP contribution in [0.1, 0.15) is 34.2 Å². The molecule has 2 aromatic heterocycles. The van der Waals surface area contributed by atoms with Crippen molar-refractivity contribution in [3.05, 3.63) is 26.7 Å². The molecule has 0 radical (unpaired) electrons. The SMILES string of the molecule is Cc1csc(NC(=O)C(=O)N(C)[C@@H](C)c2nc(C)sc2C)n1. The smallest absolute Gasteiger partial charge is 0.315 e. The number of hydrogen-bond donors (Lipinski definition) is 1. The van der Waals surface area contributed by atoms with Gasteiger partial charge in [0.2, 0.25) is 0 Å². The van der Waals surface area contributed by atoms with Crippen molar-refractivity contribution >= 4 is 39.6 Å². The zero-order chi connectivity index (χ0) is 16.4. The molecule has 0 aliphatic rings. The van der Waals surface area contributed by atoms with Crippen molar-refractivity contribution in [1.29, 1.82) is 0 Å². The van der Waals surface area contributed by atoms with Gasteiger partial charge in [0.1, 0.15) is 0 Å². The molecule has 0 fully saturated rings. The first kappa shape index (κ1) is 16.6. The van der Waals surface area contributed by atoms with Gasteiger partial charge in [0.05, 0.1) is 22.4 Å². The van der Waals surface area contributed by atoms with E-state index in [2.05, 4.69) is 15.3 Å². The van der Waals surface area contributed by atoms with Gasteiger partial charge in [0, 0.05) is 17.3 Å². The predicted octanol–water partition coefficient (Wildman–Crippen LogP) is 2.68. The maximum atomic E-state index is 12.3. The number of thiazole rings is 2. The minimum atomic E-state index is -0.687. The molecule has 0 bridgehead atoms. The summed E-state index contributed by atoms with van der Waals surface area (Å²) in [6, 6.07) is -0.263. The summed E-state index contributed by atoms with van der Waals surface area (Å²) in [5, 5.41) is 5.72. The van der Waals surface area contributed by atoms with Gasteiger partial charge in [-0.2, -0.15) is 0 Å². The summed E-state index contributed by atoms with van der Waals surface area (Å²) < 4.78 is 0. The number of nitrogens with one attached hydrogen (secondary N) is 1. The minimum Gasteiger partial charge on any atom is -0.329 e. The number of carbonyl (C=O) groups excluding carboxylic acids is 2. The molecule has 8 heteroatoms. The van der Waals surface area contributed by atoms with Crippen LogP contribution in [-0.2, 0) is 9.59 Å². The average Bonchev–Trinajstić information content (AvgIpc) is 3.01. The van der Waals surface area contributed by atoms with Crippen LogP contribution in [0.25, 0.3) is 0 Å². The van der Waals surface area contributed by atoms with E-state index in [9.17, 15) is 9.59 Å². The zero-order valence-electron chi connectivity index (χ0n) is 13.1. The summed E-state index contributed by atoms with van der Waals surface area (Å²) in [6.07, 6.45) is 0. The molecule has 0 saturated heterocycles. The van der Waals surface area contributed by atoms with E-state index in [0.717, 1.165) is 21.3 Å². The highest BCUT2D eigenvalue weighted by atomic mass is 32.1. The second kappa shape index (κ2) is 6.53. The first-order chi connectivity index (χ1) is 10.3. The Hall–Kier alpha value is -1.80. The maximum Gasteiger partial charge on any atom is 0.315 e. The van der Waals surface area contributed by atoms with Gasteiger partial charge in [0.25, 0.3) is 0 Å². The van der Waals surface area contributed by atoms with Crippen molar-refractivity contribution in [2.75, 3.05) is 12.4 Å². The normalized spacial score (nSPS) is 12.0. The molecule has 0 unspecified atom stereocenters. The summed E-state index contributed by atoms with van der Waals surface area (Å²) in [6.45, 7) is 7.58. The van der Waals surface area contributed by atoms with Gasteiger partial charge in [-0.1, -0.05) is 0 Å². The molecule has 2 rings (SSSR count). The highest BCUT2D eigenvalue weighted by molar-refractivity contribution is 7.14. The fourth-order valence-corrected chi connectivity index (χ4v) is 3.61. The molecule has 118 valence electrons. The summed E-state index contributed by atoms with van der Waals surface area (Å²) in [4.78, 5) is 35.3. The Labute approximate surface area is 137 Å². The molecular weight excluding hydrogens is 320 g/mol. The summed E-state index contributed by atoms with van der Waals surface area (Å²) in [5.41, 5.74) is 1.64. The van der Waals surface area contributed by atoms with Crippen LogP contribution in [0, 0.1) is 20.8 Å². The van der Waals surface area contributed by atoms with Crippen molar-refractivity contribution in [3.8, 4) is 0 Å². The Morgan fingerprint density at radius 2 is 1.95 bits per heavy atom. The minimum absolute atomic E-state index is 0.263. The van der Waals surface area contributed by atoms with Crippen molar-refractivity contribution in [1.82, 2.24) is 14.9 Å². The first-order valence-electron chi connectivity index (χ1n) is 6.73. The number of rotatable bonds is 3. The Balaban J connectivity index is 2.07. The van der Waals surface area contributed by atoms with Crippen LogP contribution in [0.3, 0.4) is 0 Å². The number of carbonyl (C=O) groups is 2. The Morgan fingerprint density at radius 1 is 1.27 bits per heavy atom. The van der Waals surface area contributed by atoms with Crippen LogP contribution >= 0.6 is 22.7 Å². The van der Waals surface area contributed by atoms with Gasteiger partial charge in [-0.15, -0.1) is 22.7 Å². The van der Waals surface area contributed by atoms with E-state index >= 15 is 0 Å². The molecule has 2 heterocycles. The van der Waals surface area contributed by atoms with E-state index in [-0.39, 0.29) is 6.04 Å². The monoisotopic (exact) mass is 338 g/mol. The fraction of sp³-hybridized carbons (Fsp3) is 0.429. The third kappa shape index (κ3) is 3.50. The van der Waals surface area contributed by atoms with Crippen molar-refractivity contribution < 1.29 is 9.59 Å². The Morgan fingerprint density at radius 3 is 2.45 bits per heavy atom. The first-order valence-corrected chi connectivity index (χ1v) is 8.43. The molecule has 0 saturated carbocycles. The van der Waals surface area contributed by atoms with Gasteiger partial charge in [0.15, 0.2) is 5.13 Å². The Bertz CT molecular complexity index is 708. The molecule has 0 aromatic carbocycles. The summed E-state index contributed by atoms with van der Waals surface area (Å²) in [5.74, 6) is -1.29. The summed E-state index contributed by atoms with van der Waals surface area (Å²) >= 11 is 2.88. The fourth-order valence-electron chi connectivity index (χ4n) is 2.01. The molecule has 6 nitrogen and oxygen atoms in total. The molecule has 0 aliphatic heterocycles. The highest BCUT2D eigenvalue weighted by Crippen LogP contribution is 2.26. The van der Waals surface area contributed by atoms with Crippen LogP contribution in [0.2, 0.25) is 0 Å². The second-order valence-electron chi connectivity index (χ2n) is 5.01. The zero-order valence-corrected chi connectivity index (χ0v) is 14.8. The predicted molar refractivity (Wildman–Crippen MR) is 88.3 cm³/mol. The number of aryl methyl sites for hydroxylation is 3. The van der Waals surface area contributed by atoms with Crippen molar-refractivity contribution in [2.24, 2.45) is 0 Å². The van der Waals surface area contributed by atoms with Gasteiger partial charge < -0.3 is 4.90 Å². The van der Waals surface area contributed by atoms with Crippen LogP contribution in [0.5, 0.6) is 0 Å². The third-order valence-electron chi connectivity index (χ3n) is 3.27. The van der Waals surface area contributed by atoms with Gasteiger partial charge >= 0.3 is 11.8 Å². The van der Waals surface area contributed by atoms with E-state index < -0.39 is 11.8 Å². The molecule has 1 atom stereocenters. The lowest BCUT2D eigenvalue weighted by atomic mass is 10.2. The molecular formula is C14H18N4O2S2. The lowest BCUT2D eigenvalue weighted by molar-refractivity contribution is -0.143. The van der Waals surface area contributed by atoms with E-state index in [0.29, 0.717) is 5.13 Å². The second-order valence-corrected chi connectivity index (χ2v) is 7.28. The lowest BCUT2D eigenvalue weighted by Crippen LogP contribution is -2.38. The van der Waals surface area contributed by atoms with Gasteiger partial charge in [-0.25, -0.2) is 9.97 Å². The van der Waals surface area contributed by atoms with Gasteiger partial charge in [-0.3, -0.25) is 14.9 Å². The number of anilines is 1. The van der Waals surface area contributed by atoms with Crippen LogP contribution in [0.15, 0.2) is 5.38 Å². The quantitative estimate of drug-likeness (QED) is 0.873. The summed E-state index contributed by atoms with van der Waals surface area (Å²) in [7, 11) is 1.60. The number of amides is 2. The van der Waals surface area contributed by atoms with E-state index in [4.69, 9.17) is 0 Å². The number of likely N-dealkylation sites (N-methyl/N-ethyl adjacent to an activating group) is 1. The highest BCUT2D eigenvalue weighted by Gasteiger charge is 2.26. The lowest BCUT2D eigenvalue weighted by Gasteiger charge is -2.23.